The smallest absolute Gasteiger partial charge is 0.0613 e. The molecule has 0 spiro atoms. The van der Waals surface area contributed by atoms with Gasteiger partial charge in [0.05, 0.1) is 6.61 Å². The van der Waals surface area contributed by atoms with Gasteiger partial charge in [-0.2, -0.15) is 0 Å². The van der Waals surface area contributed by atoms with Crippen molar-refractivity contribution < 1.29 is 4.74 Å². The SMILES string of the molecule is COCC(C)NC1CCCN(C)CC1. The first kappa shape index (κ1) is 12.0. The summed E-state index contributed by atoms with van der Waals surface area (Å²) in [6.07, 6.45) is 3.89. The molecule has 0 aromatic carbocycles. The van der Waals surface area contributed by atoms with Gasteiger partial charge in [0.2, 0.25) is 0 Å². The van der Waals surface area contributed by atoms with Crippen LogP contribution in [0.25, 0.3) is 0 Å². The molecule has 2 atom stereocenters. The molecule has 1 N–H and O–H groups in total. The second-order valence-corrected chi connectivity index (χ2v) is 4.45. The van der Waals surface area contributed by atoms with Gasteiger partial charge in [0, 0.05) is 19.2 Å². The minimum atomic E-state index is 0.480. The Morgan fingerprint density at radius 2 is 2.21 bits per heavy atom. The Morgan fingerprint density at radius 3 is 2.93 bits per heavy atom. The Balaban J connectivity index is 2.22. The monoisotopic (exact) mass is 200 g/mol. The molecule has 1 aliphatic heterocycles. The Morgan fingerprint density at radius 1 is 1.43 bits per heavy atom. The summed E-state index contributed by atoms with van der Waals surface area (Å²) in [5.41, 5.74) is 0. The van der Waals surface area contributed by atoms with Crippen molar-refractivity contribution in [3.05, 3.63) is 0 Å². The van der Waals surface area contributed by atoms with Gasteiger partial charge < -0.3 is 15.0 Å². The van der Waals surface area contributed by atoms with Crippen molar-refractivity contribution in [3.8, 4) is 0 Å². The third kappa shape index (κ3) is 4.40. The fourth-order valence-corrected chi connectivity index (χ4v) is 2.11. The first-order valence-electron chi connectivity index (χ1n) is 5.66. The van der Waals surface area contributed by atoms with Crippen molar-refractivity contribution in [1.29, 1.82) is 0 Å². The van der Waals surface area contributed by atoms with Crippen molar-refractivity contribution in [2.75, 3.05) is 33.9 Å². The summed E-state index contributed by atoms with van der Waals surface area (Å²) < 4.78 is 5.12. The van der Waals surface area contributed by atoms with Gasteiger partial charge in [-0.15, -0.1) is 0 Å². The summed E-state index contributed by atoms with van der Waals surface area (Å²) in [6, 6.07) is 1.17. The molecule has 0 aromatic rings. The van der Waals surface area contributed by atoms with E-state index in [-0.39, 0.29) is 0 Å². The number of ether oxygens (including phenoxy) is 1. The van der Waals surface area contributed by atoms with Crippen LogP contribution in [0.15, 0.2) is 0 Å². The zero-order valence-corrected chi connectivity index (χ0v) is 9.75. The third-order valence-corrected chi connectivity index (χ3v) is 2.89. The van der Waals surface area contributed by atoms with Gasteiger partial charge in [0.15, 0.2) is 0 Å². The second kappa shape index (κ2) is 6.38. The van der Waals surface area contributed by atoms with Gasteiger partial charge in [0.25, 0.3) is 0 Å². The summed E-state index contributed by atoms with van der Waals surface area (Å²) >= 11 is 0. The maximum Gasteiger partial charge on any atom is 0.0613 e. The lowest BCUT2D eigenvalue weighted by Gasteiger charge is -2.21. The van der Waals surface area contributed by atoms with Crippen molar-refractivity contribution in [2.45, 2.75) is 38.3 Å². The average molecular weight is 200 g/mol. The molecular weight excluding hydrogens is 176 g/mol. The van der Waals surface area contributed by atoms with Crippen LogP contribution < -0.4 is 5.32 Å². The lowest BCUT2D eigenvalue weighted by molar-refractivity contribution is 0.165. The number of nitrogens with one attached hydrogen (secondary N) is 1. The van der Waals surface area contributed by atoms with Crippen LogP contribution in [0, 0.1) is 0 Å². The molecule has 3 heteroatoms. The van der Waals surface area contributed by atoms with E-state index in [2.05, 4.69) is 24.2 Å². The van der Waals surface area contributed by atoms with Crippen LogP contribution in [0.5, 0.6) is 0 Å². The molecule has 1 fully saturated rings. The van der Waals surface area contributed by atoms with Crippen LogP contribution in [-0.2, 0) is 4.74 Å². The lowest BCUT2D eigenvalue weighted by atomic mass is 10.1. The van der Waals surface area contributed by atoms with Gasteiger partial charge >= 0.3 is 0 Å². The molecular formula is C11H24N2O. The number of hydrogen-bond acceptors (Lipinski definition) is 3. The molecule has 14 heavy (non-hydrogen) atoms. The maximum absolute atomic E-state index is 5.12. The molecule has 0 aliphatic carbocycles. The largest absolute Gasteiger partial charge is 0.383 e. The van der Waals surface area contributed by atoms with Gasteiger partial charge in [-0.05, 0) is 46.3 Å². The van der Waals surface area contributed by atoms with E-state index >= 15 is 0 Å². The minimum absolute atomic E-state index is 0.480. The highest BCUT2D eigenvalue weighted by Gasteiger charge is 2.15. The van der Waals surface area contributed by atoms with Gasteiger partial charge in [-0.3, -0.25) is 0 Å². The van der Waals surface area contributed by atoms with E-state index in [4.69, 9.17) is 4.74 Å². The van der Waals surface area contributed by atoms with Crippen molar-refractivity contribution >= 4 is 0 Å². The summed E-state index contributed by atoms with van der Waals surface area (Å²) in [4.78, 5) is 2.42. The van der Waals surface area contributed by atoms with Crippen LogP contribution in [-0.4, -0.2) is 50.8 Å². The molecule has 0 saturated carbocycles. The molecule has 0 radical (unpaired) electrons. The molecule has 0 bridgehead atoms. The van der Waals surface area contributed by atoms with Crippen LogP contribution in [0.2, 0.25) is 0 Å². The maximum atomic E-state index is 5.12. The first-order valence-corrected chi connectivity index (χ1v) is 5.66. The molecule has 1 rings (SSSR count). The quantitative estimate of drug-likeness (QED) is 0.735. The molecule has 1 heterocycles. The summed E-state index contributed by atoms with van der Waals surface area (Å²) in [5, 5.41) is 3.63. The Kier molecular flexibility index (Phi) is 5.45. The van der Waals surface area contributed by atoms with E-state index in [1.165, 1.54) is 32.4 Å². The van der Waals surface area contributed by atoms with E-state index < -0.39 is 0 Å². The number of likely N-dealkylation sites (tertiary alicyclic amines) is 1. The molecule has 0 aromatic heterocycles. The van der Waals surface area contributed by atoms with Crippen LogP contribution in [0.4, 0.5) is 0 Å². The molecule has 2 unspecified atom stereocenters. The number of rotatable bonds is 4. The third-order valence-electron chi connectivity index (χ3n) is 2.89. The first-order chi connectivity index (χ1) is 6.72. The van der Waals surface area contributed by atoms with Crippen LogP contribution in [0.1, 0.15) is 26.2 Å². The average Bonchev–Trinajstić information content (AvgIpc) is 2.32. The van der Waals surface area contributed by atoms with Gasteiger partial charge in [-0.1, -0.05) is 0 Å². The van der Waals surface area contributed by atoms with E-state index in [0.29, 0.717) is 12.1 Å². The predicted molar refractivity (Wildman–Crippen MR) is 59.6 cm³/mol. The van der Waals surface area contributed by atoms with E-state index in [1.807, 2.05) is 0 Å². The van der Waals surface area contributed by atoms with E-state index in [0.717, 1.165) is 6.61 Å². The Labute approximate surface area is 87.8 Å². The van der Waals surface area contributed by atoms with E-state index in [9.17, 15) is 0 Å². The second-order valence-electron chi connectivity index (χ2n) is 4.45. The van der Waals surface area contributed by atoms with Crippen LogP contribution in [0.3, 0.4) is 0 Å². The highest BCUT2D eigenvalue weighted by atomic mass is 16.5. The predicted octanol–water partition coefficient (Wildman–Crippen LogP) is 1.10. The molecule has 84 valence electrons. The van der Waals surface area contributed by atoms with Crippen LogP contribution >= 0.6 is 0 Å². The minimum Gasteiger partial charge on any atom is -0.383 e. The van der Waals surface area contributed by atoms with Crippen molar-refractivity contribution in [1.82, 2.24) is 10.2 Å². The Bertz CT molecular complexity index is 152. The fourth-order valence-electron chi connectivity index (χ4n) is 2.11. The zero-order valence-electron chi connectivity index (χ0n) is 9.75. The summed E-state index contributed by atoms with van der Waals surface area (Å²) in [5.74, 6) is 0. The summed E-state index contributed by atoms with van der Waals surface area (Å²) in [7, 11) is 3.97. The van der Waals surface area contributed by atoms with Crippen molar-refractivity contribution in [3.63, 3.8) is 0 Å². The van der Waals surface area contributed by atoms with Gasteiger partial charge in [-0.25, -0.2) is 0 Å². The van der Waals surface area contributed by atoms with Crippen molar-refractivity contribution in [2.24, 2.45) is 0 Å². The number of methoxy groups -OCH3 is 1. The molecule has 3 nitrogen and oxygen atoms in total. The lowest BCUT2D eigenvalue weighted by Crippen LogP contribution is -2.39. The zero-order chi connectivity index (χ0) is 10.4. The highest BCUT2D eigenvalue weighted by Crippen LogP contribution is 2.10. The normalized spacial score (nSPS) is 27.2. The number of nitrogens with zero attached hydrogens (tertiary/aromatic N) is 1. The highest BCUT2D eigenvalue weighted by molar-refractivity contribution is 4.76. The standard InChI is InChI=1S/C11H24N2O/c1-10(9-14-3)12-11-5-4-7-13(2)8-6-11/h10-12H,4-9H2,1-3H3. The summed E-state index contributed by atoms with van der Waals surface area (Å²) in [6.45, 7) is 5.47. The number of hydrogen-bond donors (Lipinski definition) is 1. The van der Waals surface area contributed by atoms with Gasteiger partial charge in [0.1, 0.15) is 0 Å². The molecule has 1 aliphatic rings. The molecule has 1 saturated heterocycles. The van der Waals surface area contributed by atoms with E-state index in [1.54, 1.807) is 7.11 Å². The Hall–Kier alpha value is -0.120. The molecule has 0 amide bonds. The fraction of sp³-hybridized carbons (Fsp3) is 1.00. The topological polar surface area (TPSA) is 24.5 Å².